The van der Waals surface area contributed by atoms with Gasteiger partial charge in [-0.05, 0) is 42.5 Å². The molecule has 8 heteroatoms. The third kappa shape index (κ3) is 4.69. The van der Waals surface area contributed by atoms with Gasteiger partial charge in [0.1, 0.15) is 5.75 Å². The molecular weight excluding hydrogens is 378 g/mol. The quantitative estimate of drug-likeness (QED) is 0.805. The molecule has 1 aromatic heterocycles. The van der Waals surface area contributed by atoms with E-state index in [0.29, 0.717) is 35.1 Å². The number of nitrogens with zero attached hydrogens (tertiary/aromatic N) is 1. The first-order valence-corrected chi connectivity index (χ1v) is 9.95. The van der Waals surface area contributed by atoms with Crippen molar-refractivity contribution in [2.45, 2.75) is 19.8 Å². The third-order valence-electron chi connectivity index (χ3n) is 4.59. The van der Waals surface area contributed by atoms with Gasteiger partial charge in [0.15, 0.2) is 0 Å². The van der Waals surface area contributed by atoms with Crippen LogP contribution in [0.1, 0.15) is 29.4 Å². The van der Waals surface area contributed by atoms with E-state index in [0.717, 1.165) is 12.8 Å². The molecule has 0 bridgehead atoms. The molecule has 2 heterocycles. The lowest BCUT2D eigenvalue weighted by molar-refractivity contribution is -0.121. The average Bonchev–Trinajstić information content (AvgIpc) is 3.22. The molecule has 7 nitrogen and oxygen atoms in total. The molecule has 1 unspecified atom stereocenters. The number of carbonyl (C=O) groups excluding carboxylic acids is 3. The summed E-state index contributed by atoms with van der Waals surface area (Å²) in [7, 11) is 1.51. The Morgan fingerprint density at radius 2 is 2.04 bits per heavy atom. The van der Waals surface area contributed by atoms with Crippen molar-refractivity contribution >= 4 is 40.4 Å². The van der Waals surface area contributed by atoms with Crippen LogP contribution in [0.4, 0.5) is 11.4 Å². The first-order valence-electron chi connectivity index (χ1n) is 9.07. The van der Waals surface area contributed by atoms with Crippen LogP contribution in [0.25, 0.3) is 0 Å². The molecule has 1 aromatic carbocycles. The highest BCUT2D eigenvalue weighted by Crippen LogP contribution is 2.29. The maximum absolute atomic E-state index is 12.7. The summed E-state index contributed by atoms with van der Waals surface area (Å²) < 4.78 is 5.23. The van der Waals surface area contributed by atoms with Gasteiger partial charge in [-0.25, -0.2) is 0 Å². The van der Waals surface area contributed by atoms with Crippen molar-refractivity contribution in [3.8, 4) is 5.75 Å². The number of carbonyl (C=O) groups is 3. The van der Waals surface area contributed by atoms with Crippen LogP contribution in [0.5, 0.6) is 5.75 Å². The van der Waals surface area contributed by atoms with Crippen LogP contribution < -0.4 is 15.4 Å². The number of nitrogens with one attached hydrogen (secondary N) is 2. The topological polar surface area (TPSA) is 87.7 Å². The second-order valence-corrected chi connectivity index (χ2v) is 7.60. The van der Waals surface area contributed by atoms with E-state index in [4.69, 9.17) is 4.74 Å². The maximum atomic E-state index is 12.7. The van der Waals surface area contributed by atoms with E-state index >= 15 is 0 Å². The number of benzene rings is 1. The number of ether oxygens (including phenoxy) is 1. The maximum Gasteiger partial charge on any atom is 0.263 e. The number of likely N-dealkylation sites (tertiary alicyclic amines) is 1. The fourth-order valence-electron chi connectivity index (χ4n) is 3.25. The summed E-state index contributed by atoms with van der Waals surface area (Å²) in [5.74, 6) is -0.146. The summed E-state index contributed by atoms with van der Waals surface area (Å²) in [5, 5.41) is 7.45. The smallest absolute Gasteiger partial charge is 0.263 e. The summed E-state index contributed by atoms with van der Waals surface area (Å²) in [4.78, 5) is 39.1. The van der Waals surface area contributed by atoms with Crippen LogP contribution in [-0.4, -0.2) is 42.8 Å². The number of hydrogen-bond acceptors (Lipinski definition) is 5. The number of anilines is 2. The van der Waals surface area contributed by atoms with Crippen molar-refractivity contribution in [2.24, 2.45) is 5.92 Å². The van der Waals surface area contributed by atoms with Gasteiger partial charge in [-0.15, -0.1) is 11.3 Å². The monoisotopic (exact) mass is 401 g/mol. The number of methoxy groups -OCH3 is 1. The molecule has 0 aliphatic carbocycles. The van der Waals surface area contributed by atoms with Gasteiger partial charge in [0, 0.05) is 25.7 Å². The molecule has 1 fully saturated rings. The first kappa shape index (κ1) is 19.9. The molecule has 2 aromatic rings. The van der Waals surface area contributed by atoms with Crippen LogP contribution >= 0.6 is 11.3 Å². The Bertz CT molecular complexity index is 866. The van der Waals surface area contributed by atoms with Crippen LogP contribution in [-0.2, 0) is 9.59 Å². The van der Waals surface area contributed by atoms with E-state index in [1.165, 1.54) is 25.4 Å². The summed E-state index contributed by atoms with van der Waals surface area (Å²) in [6, 6.07) is 8.73. The molecule has 3 amide bonds. The zero-order chi connectivity index (χ0) is 20.1. The number of hydrogen-bond donors (Lipinski definition) is 2. The molecule has 1 atom stereocenters. The van der Waals surface area contributed by atoms with Gasteiger partial charge < -0.3 is 20.3 Å². The van der Waals surface area contributed by atoms with E-state index < -0.39 is 0 Å². The highest BCUT2D eigenvalue weighted by molar-refractivity contribution is 7.12. The van der Waals surface area contributed by atoms with Crippen LogP contribution in [0.2, 0.25) is 0 Å². The van der Waals surface area contributed by atoms with E-state index in [9.17, 15) is 14.4 Å². The van der Waals surface area contributed by atoms with Gasteiger partial charge in [-0.1, -0.05) is 6.07 Å². The molecule has 28 heavy (non-hydrogen) atoms. The second-order valence-electron chi connectivity index (χ2n) is 6.65. The van der Waals surface area contributed by atoms with Crippen LogP contribution in [0.15, 0.2) is 35.7 Å². The summed E-state index contributed by atoms with van der Waals surface area (Å²) in [6.07, 6.45) is 1.52. The highest BCUT2D eigenvalue weighted by Gasteiger charge is 2.29. The molecule has 3 rings (SSSR count). The van der Waals surface area contributed by atoms with Crippen molar-refractivity contribution in [1.82, 2.24) is 4.90 Å². The standard InChI is InChI=1S/C20H23N3O4S/c1-13(24)21-16-11-15(7-8-17(16)27-2)22-19(25)14-5-3-9-23(12-14)20(26)18-6-4-10-28-18/h4,6-8,10-11,14H,3,5,9,12H2,1-2H3,(H,21,24)(H,22,25). The first-order chi connectivity index (χ1) is 13.5. The van der Waals surface area contributed by atoms with Gasteiger partial charge in [0.05, 0.1) is 23.6 Å². The van der Waals surface area contributed by atoms with E-state index in [2.05, 4.69) is 10.6 Å². The predicted octanol–water partition coefficient (Wildman–Crippen LogP) is 3.21. The van der Waals surface area contributed by atoms with Crippen molar-refractivity contribution in [2.75, 3.05) is 30.8 Å². The van der Waals surface area contributed by atoms with Crippen molar-refractivity contribution in [3.05, 3.63) is 40.6 Å². The highest BCUT2D eigenvalue weighted by atomic mass is 32.1. The van der Waals surface area contributed by atoms with E-state index in [1.54, 1.807) is 29.2 Å². The molecule has 0 spiro atoms. The van der Waals surface area contributed by atoms with Gasteiger partial charge in [-0.2, -0.15) is 0 Å². The number of piperidine rings is 1. The Morgan fingerprint density at radius 1 is 1.21 bits per heavy atom. The fourth-order valence-corrected chi connectivity index (χ4v) is 3.94. The van der Waals surface area contributed by atoms with E-state index in [-0.39, 0.29) is 23.6 Å². The van der Waals surface area contributed by atoms with E-state index in [1.807, 2.05) is 11.4 Å². The zero-order valence-electron chi connectivity index (χ0n) is 15.9. The molecule has 148 valence electrons. The zero-order valence-corrected chi connectivity index (χ0v) is 16.7. The Kier molecular flexibility index (Phi) is 6.30. The van der Waals surface area contributed by atoms with Crippen molar-refractivity contribution < 1.29 is 19.1 Å². The van der Waals surface area contributed by atoms with Gasteiger partial charge in [-0.3, -0.25) is 14.4 Å². The molecule has 0 radical (unpaired) electrons. The van der Waals surface area contributed by atoms with Gasteiger partial charge in [0.2, 0.25) is 11.8 Å². The summed E-state index contributed by atoms with van der Waals surface area (Å²) >= 11 is 1.41. The lowest BCUT2D eigenvalue weighted by atomic mass is 9.97. The molecule has 1 aliphatic rings. The number of amides is 3. The largest absolute Gasteiger partial charge is 0.495 e. The lowest BCUT2D eigenvalue weighted by Crippen LogP contribution is -2.43. The Morgan fingerprint density at radius 3 is 2.71 bits per heavy atom. The second kappa shape index (κ2) is 8.88. The normalized spacial score (nSPS) is 16.4. The molecular formula is C20H23N3O4S. The minimum atomic E-state index is -0.274. The summed E-state index contributed by atoms with van der Waals surface area (Å²) in [5.41, 5.74) is 1.06. The molecule has 2 N–H and O–H groups in total. The minimum Gasteiger partial charge on any atom is -0.495 e. The summed E-state index contributed by atoms with van der Waals surface area (Å²) in [6.45, 7) is 2.47. The van der Waals surface area contributed by atoms with Crippen LogP contribution in [0, 0.1) is 5.92 Å². The van der Waals surface area contributed by atoms with Crippen molar-refractivity contribution in [1.29, 1.82) is 0 Å². The Labute approximate surface area is 167 Å². The molecule has 0 saturated carbocycles. The Hall–Kier alpha value is -2.87. The SMILES string of the molecule is COc1ccc(NC(=O)C2CCCN(C(=O)c3cccs3)C2)cc1NC(C)=O. The number of rotatable bonds is 5. The van der Waals surface area contributed by atoms with Gasteiger partial charge in [0.25, 0.3) is 5.91 Å². The lowest BCUT2D eigenvalue weighted by Gasteiger charge is -2.31. The van der Waals surface area contributed by atoms with Gasteiger partial charge >= 0.3 is 0 Å². The van der Waals surface area contributed by atoms with Crippen LogP contribution in [0.3, 0.4) is 0 Å². The third-order valence-corrected chi connectivity index (χ3v) is 5.45. The van der Waals surface area contributed by atoms with Crippen molar-refractivity contribution in [3.63, 3.8) is 0 Å². The minimum absolute atomic E-state index is 0.0232. The Balaban J connectivity index is 1.67. The molecule has 1 saturated heterocycles. The number of thiophene rings is 1. The molecule has 1 aliphatic heterocycles. The fraction of sp³-hybridized carbons (Fsp3) is 0.350. The average molecular weight is 401 g/mol. The predicted molar refractivity (Wildman–Crippen MR) is 109 cm³/mol.